The maximum atomic E-state index is 5.84. The van der Waals surface area contributed by atoms with Gasteiger partial charge in [0.25, 0.3) is 0 Å². The van der Waals surface area contributed by atoms with Gasteiger partial charge in [0.15, 0.2) is 0 Å². The van der Waals surface area contributed by atoms with Gasteiger partial charge in [-0.3, -0.25) is 0 Å². The fraction of sp³-hybridized carbons (Fsp3) is 1.00. The standard InChI is InChI=1S/C19H42N2/c1-5-7-8-9-10-11-12-13-14-15-16-21(6-2)18-19(3,4)17-20/h5-18,20H2,1-4H3. The lowest BCUT2D eigenvalue weighted by atomic mass is 9.93. The van der Waals surface area contributed by atoms with E-state index in [4.69, 9.17) is 5.73 Å². The van der Waals surface area contributed by atoms with Crippen LogP contribution in [0.1, 0.15) is 91.9 Å². The lowest BCUT2D eigenvalue weighted by Crippen LogP contribution is -2.39. The van der Waals surface area contributed by atoms with E-state index in [1.54, 1.807) is 0 Å². The van der Waals surface area contributed by atoms with Gasteiger partial charge in [-0.05, 0) is 31.5 Å². The Morgan fingerprint density at radius 1 is 0.762 bits per heavy atom. The predicted molar refractivity (Wildman–Crippen MR) is 96.8 cm³/mol. The normalized spacial score (nSPS) is 12.3. The first kappa shape index (κ1) is 20.9. The lowest BCUT2D eigenvalue weighted by molar-refractivity contribution is 0.187. The first-order valence-corrected chi connectivity index (χ1v) is 9.48. The zero-order chi connectivity index (χ0) is 16.0. The smallest absolute Gasteiger partial charge is 0.00446 e. The Hall–Kier alpha value is -0.0800. The van der Waals surface area contributed by atoms with Crippen LogP contribution in [0.2, 0.25) is 0 Å². The first-order chi connectivity index (χ1) is 10.1. The predicted octanol–water partition coefficient (Wildman–Crippen LogP) is 5.21. The Labute approximate surface area is 134 Å². The molecule has 0 aromatic heterocycles. The molecule has 0 aromatic carbocycles. The number of nitrogens with zero attached hydrogens (tertiary/aromatic N) is 1. The lowest BCUT2D eigenvalue weighted by Gasteiger charge is -2.31. The maximum absolute atomic E-state index is 5.84. The van der Waals surface area contributed by atoms with E-state index in [9.17, 15) is 0 Å². The molecule has 0 aliphatic carbocycles. The highest BCUT2D eigenvalue weighted by molar-refractivity contribution is 4.74. The molecule has 0 spiro atoms. The summed E-state index contributed by atoms with van der Waals surface area (Å²) in [5.41, 5.74) is 6.09. The molecule has 0 aliphatic heterocycles. The van der Waals surface area contributed by atoms with Crippen LogP contribution in [0.5, 0.6) is 0 Å². The Bertz CT molecular complexity index is 214. The van der Waals surface area contributed by atoms with Crippen LogP contribution in [-0.4, -0.2) is 31.1 Å². The van der Waals surface area contributed by atoms with Crippen LogP contribution in [0.4, 0.5) is 0 Å². The van der Waals surface area contributed by atoms with E-state index in [0.29, 0.717) is 0 Å². The maximum Gasteiger partial charge on any atom is 0.00446 e. The third kappa shape index (κ3) is 13.3. The number of unbranched alkanes of at least 4 members (excludes halogenated alkanes) is 9. The molecule has 128 valence electrons. The number of nitrogens with two attached hydrogens (primary N) is 1. The molecule has 2 heteroatoms. The van der Waals surface area contributed by atoms with Gasteiger partial charge in [-0.25, -0.2) is 0 Å². The molecular weight excluding hydrogens is 256 g/mol. The van der Waals surface area contributed by atoms with Gasteiger partial charge in [0.1, 0.15) is 0 Å². The third-order valence-corrected chi connectivity index (χ3v) is 4.48. The summed E-state index contributed by atoms with van der Waals surface area (Å²) in [6.07, 6.45) is 14.2. The van der Waals surface area contributed by atoms with Gasteiger partial charge >= 0.3 is 0 Å². The molecule has 0 unspecified atom stereocenters. The molecule has 0 saturated carbocycles. The van der Waals surface area contributed by atoms with Crippen molar-refractivity contribution in [1.82, 2.24) is 4.90 Å². The average Bonchev–Trinajstić information content (AvgIpc) is 2.47. The molecule has 0 radical (unpaired) electrons. The largest absolute Gasteiger partial charge is 0.330 e. The highest BCUT2D eigenvalue weighted by atomic mass is 15.1. The molecule has 0 aliphatic rings. The fourth-order valence-electron chi connectivity index (χ4n) is 2.84. The van der Waals surface area contributed by atoms with Crippen LogP contribution in [0.25, 0.3) is 0 Å². The summed E-state index contributed by atoms with van der Waals surface area (Å²) >= 11 is 0. The van der Waals surface area contributed by atoms with Crippen molar-refractivity contribution in [2.45, 2.75) is 91.9 Å². The summed E-state index contributed by atoms with van der Waals surface area (Å²) in [7, 11) is 0. The van der Waals surface area contributed by atoms with Crippen LogP contribution in [-0.2, 0) is 0 Å². The van der Waals surface area contributed by atoms with E-state index in [1.807, 2.05) is 0 Å². The van der Waals surface area contributed by atoms with Crippen LogP contribution < -0.4 is 5.73 Å². The molecule has 0 amide bonds. The summed E-state index contributed by atoms with van der Waals surface area (Å²) in [6.45, 7) is 13.4. The molecule has 0 saturated heterocycles. The summed E-state index contributed by atoms with van der Waals surface area (Å²) < 4.78 is 0. The zero-order valence-corrected chi connectivity index (χ0v) is 15.4. The van der Waals surface area contributed by atoms with Gasteiger partial charge in [0, 0.05) is 6.54 Å². The second kappa shape index (κ2) is 13.6. The Kier molecular flexibility index (Phi) is 13.5. The van der Waals surface area contributed by atoms with E-state index in [-0.39, 0.29) is 5.41 Å². The second-order valence-corrected chi connectivity index (χ2v) is 7.42. The van der Waals surface area contributed by atoms with E-state index in [1.165, 1.54) is 70.8 Å². The highest BCUT2D eigenvalue weighted by Gasteiger charge is 2.18. The molecule has 0 aromatic rings. The molecule has 0 heterocycles. The van der Waals surface area contributed by atoms with Crippen molar-refractivity contribution in [1.29, 1.82) is 0 Å². The fourth-order valence-corrected chi connectivity index (χ4v) is 2.84. The minimum absolute atomic E-state index is 0.258. The Balaban J connectivity index is 3.43. The molecule has 0 atom stereocenters. The van der Waals surface area contributed by atoms with Gasteiger partial charge in [0.2, 0.25) is 0 Å². The molecule has 0 bridgehead atoms. The van der Waals surface area contributed by atoms with Crippen molar-refractivity contribution >= 4 is 0 Å². The van der Waals surface area contributed by atoms with Crippen molar-refractivity contribution in [3.8, 4) is 0 Å². The van der Waals surface area contributed by atoms with Gasteiger partial charge in [-0.1, -0.05) is 85.5 Å². The van der Waals surface area contributed by atoms with E-state index < -0.39 is 0 Å². The SMILES string of the molecule is CCCCCCCCCCCCN(CC)CC(C)(C)CN. The van der Waals surface area contributed by atoms with Crippen molar-refractivity contribution in [3.63, 3.8) is 0 Å². The molecule has 0 rings (SSSR count). The minimum Gasteiger partial charge on any atom is -0.330 e. The minimum atomic E-state index is 0.258. The van der Waals surface area contributed by atoms with Gasteiger partial charge in [0.05, 0.1) is 0 Å². The van der Waals surface area contributed by atoms with Crippen LogP contribution in [0.15, 0.2) is 0 Å². The van der Waals surface area contributed by atoms with Gasteiger partial charge in [-0.2, -0.15) is 0 Å². The van der Waals surface area contributed by atoms with Gasteiger partial charge in [-0.15, -0.1) is 0 Å². The quantitative estimate of drug-likeness (QED) is 0.420. The molecule has 0 fully saturated rings. The summed E-state index contributed by atoms with van der Waals surface area (Å²) in [5, 5.41) is 0. The highest BCUT2D eigenvalue weighted by Crippen LogP contribution is 2.16. The summed E-state index contributed by atoms with van der Waals surface area (Å²) in [6, 6.07) is 0. The Morgan fingerprint density at radius 2 is 1.24 bits per heavy atom. The second-order valence-electron chi connectivity index (χ2n) is 7.42. The molecule has 2 nitrogen and oxygen atoms in total. The van der Waals surface area contributed by atoms with E-state index >= 15 is 0 Å². The van der Waals surface area contributed by atoms with Crippen LogP contribution >= 0.6 is 0 Å². The van der Waals surface area contributed by atoms with Crippen molar-refractivity contribution < 1.29 is 0 Å². The van der Waals surface area contributed by atoms with Crippen molar-refractivity contribution in [2.24, 2.45) is 11.1 Å². The molecule has 21 heavy (non-hydrogen) atoms. The monoisotopic (exact) mass is 298 g/mol. The Morgan fingerprint density at radius 3 is 1.67 bits per heavy atom. The van der Waals surface area contributed by atoms with Gasteiger partial charge < -0.3 is 10.6 Å². The van der Waals surface area contributed by atoms with Crippen LogP contribution in [0.3, 0.4) is 0 Å². The zero-order valence-electron chi connectivity index (χ0n) is 15.4. The molecular formula is C19H42N2. The molecule has 2 N–H and O–H groups in total. The van der Waals surface area contributed by atoms with Crippen molar-refractivity contribution in [2.75, 3.05) is 26.2 Å². The number of rotatable bonds is 15. The van der Waals surface area contributed by atoms with Crippen molar-refractivity contribution in [3.05, 3.63) is 0 Å². The topological polar surface area (TPSA) is 29.3 Å². The van der Waals surface area contributed by atoms with E-state index in [2.05, 4.69) is 32.6 Å². The summed E-state index contributed by atoms with van der Waals surface area (Å²) in [5.74, 6) is 0. The van der Waals surface area contributed by atoms with Crippen LogP contribution in [0, 0.1) is 5.41 Å². The summed E-state index contributed by atoms with van der Waals surface area (Å²) in [4.78, 5) is 2.57. The number of hydrogen-bond acceptors (Lipinski definition) is 2. The first-order valence-electron chi connectivity index (χ1n) is 9.48. The third-order valence-electron chi connectivity index (χ3n) is 4.48. The average molecular weight is 299 g/mol. The number of hydrogen-bond donors (Lipinski definition) is 1. The van der Waals surface area contributed by atoms with E-state index in [0.717, 1.165) is 19.6 Å².